The Hall–Kier alpha value is -0.790. The summed E-state index contributed by atoms with van der Waals surface area (Å²) in [5.41, 5.74) is 7.79. The molecule has 1 aromatic carbocycles. The van der Waals surface area contributed by atoms with Crippen molar-refractivity contribution in [2.75, 3.05) is 23.5 Å². The molecule has 1 fully saturated rings. The lowest BCUT2D eigenvalue weighted by Gasteiger charge is -2.30. The molecule has 0 amide bonds. The first-order valence-corrected chi connectivity index (χ1v) is 8.86. The van der Waals surface area contributed by atoms with Gasteiger partial charge in [0.25, 0.3) is 0 Å². The van der Waals surface area contributed by atoms with Crippen molar-refractivity contribution in [3.05, 3.63) is 22.2 Å². The minimum absolute atomic E-state index is 0.395. The van der Waals surface area contributed by atoms with Crippen LogP contribution in [0, 0.1) is 12.8 Å². The quantitative estimate of drug-likeness (QED) is 0.812. The van der Waals surface area contributed by atoms with Gasteiger partial charge in [0.05, 0.1) is 5.69 Å². The van der Waals surface area contributed by atoms with E-state index < -0.39 is 10.2 Å². The van der Waals surface area contributed by atoms with Crippen LogP contribution in [0.25, 0.3) is 0 Å². The average molecular weight is 362 g/mol. The second-order valence-electron chi connectivity index (χ2n) is 5.40. The zero-order valence-electron chi connectivity index (χ0n) is 11.7. The zero-order valence-corrected chi connectivity index (χ0v) is 14.1. The fourth-order valence-electron chi connectivity index (χ4n) is 2.34. The molecule has 1 unspecified atom stereocenters. The third-order valence-electron chi connectivity index (χ3n) is 3.55. The molecule has 0 bridgehead atoms. The van der Waals surface area contributed by atoms with E-state index in [9.17, 15) is 8.42 Å². The highest BCUT2D eigenvalue weighted by atomic mass is 79.9. The summed E-state index contributed by atoms with van der Waals surface area (Å²) < 4.78 is 29.6. The molecule has 0 aliphatic carbocycles. The highest BCUT2D eigenvalue weighted by molar-refractivity contribution is 9.10. The standard InChI is InChI=1S/C13H20BrN3O2S/c1-9-4-3-5-17(8-9)20(18,19)16-13-7-12(15)10(2)6-11(13)14/h6-7,9,16H,3-5,8,15H2,1-2H3. The summed E-state index contributed by atoms with van der Waals surface area (Å²) in [6.07, 6.45) is 1.98. The normalized spacial score (nSPS) is 20.9. The summed E-state index contributed by atoms with van der Waals surface area (Å²) in [5.74, 6) is 0.395. The van der Waals surface area contributed by atoms with Crippen LogP contribution in [-0.4, -0.2) is 25.8 Å². The second kappa shape index (κ2) is 5.91. The number of rotatable bonds is 3. The minimum Gasteiger partial charge on any atom is -0.398 e. The van der Waals surface area contributed by atoms with Crippen molar-refractivity contribution in [3.63, 3.8) is 0 Å². The van der Waals surface area contributed by atoms with E-state index in [0.29, 0.717) is 34.9 Å². The first-order chi connectivity index (χ1) is 9.29. The van der Waals surface area contributed by atoms with E-state index in [1.807, 2.05) is 13.0 Å². The van der Waals surface area contributed by atoms with Crippen LogP contribution >= 0.6 is 15.9 Å². The van der Waals surface area contributed by atoms with Gasteiger partial charge in [-0.2, -0.15) is 12.7 Å². The Morgan fingerprint density at radius 3 is 2.80 bits per heavy atom. The van der Waals surface area contributed by atoms with Gasteiger partial charge >= 0.3 is 10.2 Å². The Kier molecular flexibility index (Phi) is 4.61. The summed E-state index contributed by atoms with van der Waals surface area (Å²) >= 11 is 3.37. The third kappa shape index (κ3) is 3.45. The van der Waals surface area contributed by atoms with Crippen LogP contribution in [0.4, 0.5) is 11.4 Å². The largest absolute Gasteiger partial charge is 0.398 e. The number of nitrogens with two attached hydrogens (primary N) is 1. The van der Waals surface area contributed by atoms with Gasteiger partial charge in [0.15, 0.2) is 0 Å². The second-order valence-corrected chi connectivity index (χ2v) is 7.93. The molecule has 0 spiro atoms. The molecule has 3 N–H and O–H groups in total. The molecule has 0 radical (unpaired) electrons. The minimum atomic E-state index is -3.52. The molecule has 5 nitrogen and oxygen atoms in total. The van der Waals surface area contributed by atoms with Crippen LogP contribution < -0.4 is 10.5 Å². The monoisotopic (exact) mass is 361 g/mol. The Bertz CT molecular complexity index is 604. The van der Waals surface area contributed by atoms with Crippen LogP contribution in [-0.2, 0) is 10.2 Å². The molecular weight excluding hydrogens is 342 g/mol. The SMILES string of the molecule is Cc1cc(Br)c(NS(=O)(=O)N2CCCC(C)C2)cc1N. The molecule has 1 heterocycles. The van der Waals surface area contributed by atoms with Crippen molar-refractivity contribution in [2.24, 2.45) is 5.92 Å². The molecule has 1 aliphatic heterocycles. The van der Waals surface area contributed by atoms with Gasteiger partial charge in [-0.3, -0.25) is 4.72 Å². The molecule has 1 aromatic rings. The van der Waals surface area contributed by atoms with Gasteiger partial charge in [-0.25, -0.2) is 0 Å². The van der Waals surface area contributed by atoms with Gasteiger partial charge in [0, 0.05) is 23.2 Å². The number of anilines is 2. The molecular formula is C13H20BrN3O2S. The number of benzene rings is 1. The van der Waals surface area contributed by atoms with Crippen molar-refractivity contribution in [3.8, 4) is 0 Å². The molecule has 1 atom stereocenters. The molecule has 7 heteroatoms. The van der Waals surface area contributed by atoms with Gasteiger partial charge in [-0.05, 0) is 59.3 Å². The van der Waals surface area contributed by atoms with Crippen molar-refractivity contribution >= 4 is 37.5 Å². The number of nitrogens with one attached hydrogen (secondary N) is 1. The maximum atomic E-state index is 12.4. The van der Waals surface area contributed by atoms with Crippen molar-refractivity contribution in [1.29, 1.82) is 0 Å². The number of hydrogen-bond donors (Lipinski definition) is 2. The third-order valence-corrected chi connectivity index (χ3v) is 5.70. The van der Waals surface area contributed by atoms with E-state index in [0.717, 1.165) is 18.4 Å². The number of halogens is 1. The summed E-state index contributed by atoms with van der Waals surface area (Å²) in [5, 5.41) is 0. The van der Waals surface area contributed by atoms with E-state index >= 15 is 0 Å². The number of nitrogens with zero attached hydrogens (tertiary/aromatic N) is 1. The Morgan fingerprint density at radius 1 is 1.45 bits per heavy atom. The summed E-state index contributed by atoms with van der Waals surface area (Å²) in [6.45, 7) is 5.08. The van der Waals surface area contributed by atoms with Crippen molar-refractivity contribution in [2.45, 2.75) is 26.7 Å². The Morgan fingerprint density at radius 2 is 2.15 bits per heavy atom. The predicted octanol–water partition coefficient (Wildman–Crippen LogP) is 2.73. The van der Waals surface area contributed by atoms with E-state index in [-0.39, 0.29) is 0 Å². The van der Waals surface area contributed by atoms with Crippen LogP contribution in [0.5, 0.6) is 0 Å². The molecule has 112 valence electrons. The topological polar surface area (TPSA) is 75.4 Å². The number of piperidine rings is 1. The highest BCUT2D eigenvalue weighted by Gasteiger charge is 2.27. The lowest BCUT2D eigenvalue weighted by Crippen LogP contribution is -2.42. The number of nitrogen functional groups attached to an aromatic ring is 1. The van der Waals surface area contributed by atoms with Gasteiger partial charge in [-0.1, -0.05) is 6.92 Å². The summed E-state index contributed by atoms with van der Waals surface area (Å²) in [6, 6.07) is 3.45. The summed E-state index contributed by atoms with van der Waals surface area (Å²) in [7, 11) is -3.52. The van der Waals surface area contributed by atoms with Crippen molar-refractivity contribution < 1.29 is 8.42 Å². The van der Waals surface area contributed by atoms with Gasteiger partial charge < -0.3 is 5.73 Å². The molecule has 2 rings (SSSR count). The van der Waals surface area contributed by atoms with E-state index in [1.54, 1.807) is 6.07 Å². The lowest BCUT2D eigenvalue weighted by molar-refractivity contribution is 0.282. The molecule has 1 aliphatic rings. The average Bonchev–Trinajstić information content (AvgIpc) is 2.36. The lowest BCUT2D eigenvalue weighted by atomic mass is 10.0. The first kappa shape index (κ1) is 15.6. The van der Waals surface area contributed by atoms with Crippen molar-refractivity contribution in [1.82, 2.24) is 4.31 Å². The molecule has 1 saturated heterocycles. The molecule has 0 saturated carbocycles. The first-order valence-electron chi connectivity index (χ1n) is 6.63. The predicted molar refractivity (Wildman–Crippen MR) is 85.8 cm³/mol. The van der Waals surface area contributed by atoms with Gasteiger partial charge in [0.1, 0.15) is 0 Å². The maximum Gasteiger partial charge on any atom is 0.301 e. The Labute approximate surface area is 128 Å². The fraction of sp³-hybridized carbons (Fsp3) is 0.538. The van der Waals surface area contributed by atoms with Crippen LogP contribution in [0.2, 0.25) is 0 Å². The van der Waals surface area contributed by atoms with Crippen LogP contribution in [0.1, 0.15) is 25.3 Å². The molecule has 20 heavy (non-hydrogen) atoms. The van der Waals surface area contributed by atoms with Gasteiger partial charge in [-0.15, -0.1) is 0 Å². The van der Waals surface area contributed by atoms with E-state index in [4.69, 9.17) is 5.73 Å². The molecule has 0 aromatic heterocycles. The summed E-state index contributed by atoms with van der Waals surface area (Å²) in [4.78, 5) is 0. The van der Waals surface area contributed by atoms with Crippen LogP contribution in [0.3, 0.4) is 0 Å². The zero-order chi connectivity index (χ0) is 14.9. The van der Waals surface area contributed by atoms with E-state index in [1.165, 1.54) is 4.31 Å². The van der Waals surface area contributed by atoms with Gasteiger partial charge in [0.2, 0.25) is 0 Å². The van der Waals surface area contributed by atoms with Crippen LogP contribution in [0.15, 0.2) is 16.6 Å². The number of aryl methyl sites for hydroxylation is 1. The smallest absolute Gasteiger partial charge is 0.301 e. The maximum absolute atomic E-state index is 12.4. The Balaban J connectivity index is 2.22. The fourth-order valence-corrected chi connectivity index (χ4v) is 4.42. The highest BCUT2D eigenvalue weighted by Crippen LogP contribution is 2.29. The number of hydrogen-bond acceptors (Lipinski definition) is 3. The van der Waals surface area contributed by atoms with E-state index in [2.05, 4.69) is 27.6 Å².